The summed E-state index contributed by atoms with van der Waals surface area (Å²) in [7, 11) is 0. The fourth-order valence-corrected chi connectivity index (χ4v) is 1.83. The van der Waals surface area contributed by atoms with Gasteiger partial charge in [-0.05, 0) is 6.07 Å². The van der Waals surface area contributed by atoms with Crippen molar-refractivity contribution in [2.24, 2.45) is 0 Å². The van der Waals surface area contributed by atoms with Crippen molar-refractivity contribution in [1.82, 2.24) is 8.75 Å². The van der Waals surface area contributed by atoms with Crippen molar-refractivity contribution in [3.63, 3.8) is 0 Å². The average Bonchev–Trinajstić information content (AvgIpc) is 2.64. The van der Waals surface area contributed by atoms with Gasteiger partial charge in [-0.15, -0.1) is 4.37 Å². The normalized spacial score (nSPS) is 10.2. The zero-order valence-corrected chi connectivity index (χ0v) is 10.3. The fourth-order valence-electron chi connectivity index (χ4n) is 1.06. The molecule has 0 N–H and O–H groups in total. The molecular weight excluding hydrogens is 289 g/mol. The highest BCUT2D eigenvalue weighted by Gasteiger charge is 2.18. The highest BCUT2D eigenvalue weighted by molar-refractivity contribution is 6.99. The summed E-state index contributed by atoms with van der Waals surface area (Å²) in [6.45, 7) is 0. The second kappa shape index (κ2) is 4.82. The van der Waals surface area contributed by atoms with Gasteiger partial charge in [0.15, 0.2) is 0 Å². The second-order valence-corrected chi connectivity index (χ2v) is 4.15. The van der Waals surface area contributed by atoms with E-state index in [0.717, 1.165) is 11.7 Å². The van der Waals surface area contributed by atoms with E-state index < -0.39 is 4.92 Å². The van der Waals surface area contributed by atoms with Crippen LogP contribution in [-0.4, -0.2) is 13.7 Å². The lowest BCUT2D eigenvalue weighted by molar-refractivity contribution is -0.385. The van der Waals surface area contributed by atoms with Gasteiger partial charge in [-0.1, -0.05) is 23.2 Å². The maximum absolute atomic E-state index is 10.8. The van der Waals surface area contributed by atoms with E-state index in [0.29, 0.717) is 5.02 Å². The molecule has 0 saturated heterocycles. The number of ether oxygens (including phenoxy) is 1. The van der Waals surface area contributed by atoms with E-state index in [1.807, 2.05) is 0 Å². The number of rotatable bonds is 3. The van der Waals surface area contributed by atoms with E-state index in [1.54, 1.807) is 0 Å². The highest BCUT2D eigenvalue weighted by Crippen LogP contribution is 2.35. The molecular formula is C8H3Cl2N3O3S. The van der Waals surface area contributed by atoms with Crippen molar-refractivity contribution in [3.8, 4) is 11.6 Å². The van der Waals surface area contributed by atoms with E-state index in [-0.39, 0.29) is 22.5 Å². The van der Waals surface area contributed by atoms with Crippen LogP contribution in [0, 0.1) is 10.1 Å². The van der Waals surface area contributed by atoms with E-state index in [1.165, 1.54) is 18.2 Å². The van der Waals surface area contributed by atoms with Crippen molar-refractivity contribution in [2.45, 2.75) is 0 Å². The summed E-state index contributed by atoms with van der Waals surface area (Å²) in [5, 5.41) is 11.1. The van der Waals surface area contributed by atoms with Crippen LogP contribution in [0.2, 0.25) is 10.2 Å². The van der Waals surface area contributed by atoms with Gasteiger partial charge < -0.3 is 4.74 Å². The summed E-state index contributed by atoms with van der Waals surface area (Å²) in [4.78, 5) is 10.2. The fraction of sp³-hybridized carbons (Fsp3) is 0. The van der Waals surface area contributed by atoms with Crippen LogP contribution in [0.3, 0.4) is 0 Å². The maximum Gasteiger partial charge on any atom is 0.311 e. The van der Waals surface area contributed by atoms with Crippen LogP contribution >= 0.6 is 34.9 Å². The number of nitrogens with zero attached hydrogens (tertiary/aromatic N) is 3. The molecule has 9 heteroatoms. The molecule has 0 atom stereocenters. The largest absolute Gasteiger partial charge is 0.428 e. The maximum atomic E-state index is 10.8. The van der Waals surface area contributed by atoms with Crippen molar-refractivity contribution in [3.05, 3.63) is 38.5 Å². The Morgan fingerprint density at radius 3 is 2.71 bits per heavy atom. The number of hydrogen-bond acceptors (Lipinski definition) is 6. The smallest absolute Gasteiger partial charge is 0.311 e. The van der Waals surface area contributed by atoms with E-state index >= 15 is 0 Å². The first-order valence-electron chi connectivity index (χ1n) is 4.18. The van der Waals surface area contributed by atoms with Crippen molar-refractivity contribution < 1.29 is 9.66 Å². The van der Waals surface area contributed by atoms with Gasteiger partial charge in [0.25, 0.3) is 5.88 Å². The Hall–Kier alpha value is -1.44. The van der Waals surface area contributed by atoms with Gasteiger partial charge in [0.2, 0.25) is 10.9 Å². The molecule has 0 unspecified atom stereocenters. The first-order valence-corrected chi connectivity index (χ1v) is 5.66. The van der Waals surface area contributed by atoms with Crippen LogP contribution in [0.4, 0.5) is 5.69 Å². The lowest BCUT2D eigenvalue weighted by atomic mass is 10.3. The Morgan fingerprint density at radius 1 is 1.35 bits per heavy atom. The summed E-state index contributed by atoms with van der Waals surface area (Å²) in [6.07, 6.45) is 0. The second-order valence-electron chi connectivity index (χ2n) is 2.83. The quantitative estimate of drug-likeness (QED) is 0.638. The molecule has 0 aliphatic carbocycles. The molecule has 0 aliphatic rings. The lowest BCUT2D eigenvalue weighted by Crippen LogP contribution is -1.93. The predicted molar refractivity (Wildman–Crippen MR) is 63.1 cm³/mol. The molecule has 6 nitrogen and oxygen atoms in total. The molecule has 0 spiro atoms. The molecule has 2 aromatic rings. The standard InChI is InChI=1S/C8H3Cl2N3O3S/c9-4-1-2-5(13(14)15)6(3-4)16-8-7(10)11-17-12-8/h1-3H. The Labute approximate surface area is 109 Å². The third-order valence-corrected chi connectivity index (χ3v) is 2.84. The van der Waals surface area contributed by atoms with Crippen molar-refractivity contribution in [1.29, 1.82) is 0 Å². The lowest BCUT2D eigenvalue weighted by Gasteiger charge is -2.03. The Balaban J connectivity index is 2.41. The zero-order valence-electron chi connectivity index (χ0n) is 7.96. The molecule has 2 rings (SSSR count). The third-order valence-electron chi connectivity index (χ3n) is 1.75. The van der Waals surface area contributed by atoms with Crippen LogP contribution in [0.5, 0.6) is 11.6 Å². The van der Waals surface area contributed by atoms with Gasteiger partial charge in [-0.25, -0.2) is 0 Å². The van der Waals surface area contributed by atoms with Crippen LogP contribution < -0.4 is 4.74 Å². The molecule has 1 heterocycles. The molecule has 0 fully saturated rings. The minimum atomic E-state index is -0.584. The van der Waals surface area contributed by atoms with Crippen molar-refractivity contribution >= 4 is 40.6 Å². The monoisotopic (exact) mass is 291 g/mol. The number of hydrogen-bond donors (Lipinski definition) is 0. The highest BCUT2D eigenvalue weighted by atomic mass is 35.5. The van der Waals surface area contributed by atoms with Crippen LogP contribution in [0.25, 0.3) is 0 Å². The first-order chi connectivity index (χ1) is 8.08. The molecule has 0 aliphatic heterocycles. The molecule has 1 aromatic carbocycles. The minimum Gasteiger partial charge on any atom is -0.428 e. The van der Waals surface area contributed by atoms with Gasteiger partial charge >= 0.3 is 5.69 Å². The van der Waals surface area contributed by atoms with Crippen molar-refractivity contribution in [2.75, 3.05) is 0 Å². The van der Waals surface area contributed by atoms with Crippen LogP contribution in [-0.2, 0) is 0 Å². The van der Waals surface area contributed by atoms with Gasteiger partial charge in [-0.2, -0.15) is 4.37 Å². The summed E-state index contributed by atoms with van der Waals surface area (Å²) in [6, 6.07) is 3.95. The van der Waals surface area contributed by atoms with E-state index in [2.05, 4.69) is 8.75 Å². The molecule has 0 amide bonds. The Kier molecular flexibility index (Phi) is 3.41. The third kappa shape index (κ3) is 2.63. The zero-order chi connectivity index (χ0) is 12.4. The summed E-state index contributed by atoms with van der Waals surface area (Å²) >= 11 is 12.2. The number of nitro groups is 1. The molecule has 17 heavy (non-hydrogen) atoms. The number of nitro benzene ring substituents is 1. The van der Waals surface area contributed by atoms with E-state index in [4.69, 9.17) is 27.9 Å². The predicted octanol–water partition coefficient (Wildman–Crippen LogP) is 3.55. The molecule has 0 bridgehead atoms. The molecule has 88 valence electrons. The number of aromatic nitrogens is 2. The molecule has 0 radical (unpaired) electrons. The van der Waals surface area contributed by atoms with Gasteiger partial charge in [0.05, 0.1) is 16.7 Å². The summed E-state index contributed by atoms with van der Waals surface area (Å²) in [5.41, 5.74) is -0.224. The Bertz CT molecular complexity index is 575. The van der Waals surface area contributed by atoms with E-state index in [9.17, 15) is 10.1 Å². The molecule has 0 saturated carbocycles. The number of benzene rings is 1. The van der Waals surface area contributed by atoms with Gasteiger partial charge in [0, 0.05) is 17.2 Å². The number of halogens is 2. The van der Waals surface area contributed by atoms with Gasteiger partial charge in [-0.3, -0.25) is 10.1 Å². The van der Waals surface area contributed by atoms with Crippen LogP contribution in [0.1, 0.15) is 0 Å². The van der Waals surface area contributed by atoms with Crippen LogP contribution in [0.15, 0.2) is 18.2 Å². The first kappa shape index (κ1) is 12.0. The molecule has 1 aromatic heterocycles. The average molecular weight is 292 g/mol. The minimum absolute atomic E-state index is 0.0158. The summed E-state index contributed by atoms with van der Waals surface area (Å²) < 4.78 is 12.6. The summed E-state index contributed by atoms with van der Waals surface area (Å²) in [5.74, 6) is -0.0147. The Morgan fingerprint density at radius 2 is 2.12 bits per heavy atom. The van der Waals surface area contributed by atoms with Gasteiger partial charge in [0.1, 0.15) is 0 Å². The SMILES string of the molecule is O=[N+]([O-])c1ccc(Cl)cc1Oc1nsnc1Cl. The topological polar surface area (TPSA) is 78.2 Å².